The molecule has 0 saturated heterocycles. The molecule has 2 rings (SSSR count). The normalized spacial score (nSPS) is 17.7. The van der Waals surface area contributed by atoms with Gasteiger partial charge in [-0.3, -0.25) is 4.21 Å². The monoisotopic (exact) mass is 223 g/mol. The summed E-state index contributed by atoms with van der Waals surface area (Å²) in [6.07, 6.45) is 3.72. The quantitative estimate of drug-likeness (QED) is 0.797. The van der Waals surface area contributed by atoms with E-state index in [9.17, 15) is 4.21 Å². The van der Waals surface area contributed by atoms with Crippen LogP contribution in [0.5, 0.6) is 0 Å². The minimum atomic E-state index is -0.909. The molecule has 1 saturated carbocycles. The van der Waals surface area contributed by atoms with Gasteiger partial charge in [-0.05, 0) is 37.0 Å². The summed E-state index contributed by atoms with van der Waals surface area (Å²) in [5, 5.41) is 0. The van der Waals surface area contributed by atoms with Crippen molar-refractivity contribution in [2.75, 3.05) is 11.5 Å². The summed E-state index contributed by atoms with van der Waals surface area (Å²) in [4.78, 5) is 0.807. The van der Waals surface area contributed by atoms with Gasteiger partial charge in [0.1, 0.15) is 0 Å². The summed E-state index contributed by atoms with van der Waals surface area (Å²) in [6, 6.07) is 5.76. The maximum absolute atomic E-state index is 11.9. The lowest BCUT2D eigenvalue weighted by Gasteiger charge is -2.06. The molecule has 0 amide bonds. The van der Waals surface area contributed by atoms with Gasteiger partial charge in [0.05, 0.1) is 15.7 Å². The molecule has 1 aromatic carbocycles. The van der Waals surface area contributed by atoms with Crippen LogP contribution >= 0.6 is 0 Å². The summed E-state index contributed by atoms with van der Waals surface area (Å²) >= 11 is 0. The van der Waals surface area contributed by atoms with Crippen molar-refractivity contribution in [1.82, 2.24) is 0 Å². The zero-order valence-corrected chi connectivity index (χ0v) is 9.85. The highest BCUT2D eigenvalue weighted by atomic mass is 32.2. The maximum Gasteiger partial charge on any atom is 0.0617 e. The smallest absolute Gasteiger partial charge is 0.0617 e. The molecule has 1 atom stereocenters. The van der Waals surface area contributed by atoms with Crippen LogP contribution in [0, 0.1) is 12.8 Å². The number of nitrogen functional groups attached to an aromatic ring is 1. The second-order valence-electron chi connectivity index (χ2n) is 4.32. The molecular formula is C12H17NOS. The number of hydrogen-bond donors (Lipinski definition) is 1. The van der Waals surface area contributed by atoms with E-state index in [0.29, 0.717) is 5.69 Å². The molecule has 1 aliphatic rings. The Balaban J connectivity index is 2.03. The standard InChI is InChI=1S/C12H17NOS/c1-9-2-5-12(11(13)8-9)15(14)7-6-10-3-4-10/h2,5,8,10H,3-4,6-7,13H2,1H3. The number of hydrogen-bond acceptors (Lipinski definition) is 2. The summed E-state index contributed by atoms with van der Waals surface area (Å²) in [5.74, 6) is 1.60. The van der Waals surface area contributed by atoms with Crippen molar-refractivity contribution >= 4 is 16.5 Å². The number of benzene rings is 1. The van der Waals surface area contributed by atoms with E-state index in [-0.39, 0.29) is 0 Å². The fraction of sp³-hybridized carbons (Fsp3) is 0.500. The lowest BCUT2D eigenvalue weighted by molar-refractivity contribution is 0.676. The van der Waals surface area contributed by atoms with Crippen molar-refractivity contribution in [3.05, 3.63) is 23.8 Å². The Bertz CT molecular complexity index is 385. The van der Waals surface area contributed by atoms with E-state index in [1.807, 2.05) is 25.1 Å². The predicted molar refractivity (Wildman–Crippen MR) is 64.2 cm³/mol. The average molecular weight is 223 g/mol. The molecule has 0 spiro atoms. The molecule has 0 heterocycles. The van der Waals surface area contributed by atoms with Gasteiger partial charge in [0.15, 0.2) is 0 Å². The van der Waals surface area contributed by atoms with Crippen molar-refractivity contribution in [2.24, 2.45) is 5.92 Å². The summed E-state index contributed by atoms with van der Waals surface area (Å²) in [6.45, 7) is 1.99. The summed E-state index contributed by atoms with van der Waals surface area (Å²) in [5.41, 5.74) is 7.64. The van der Waals surface area contributed by atoms with Crippen molar-refractivity contribution in [2.45, 2.75) is 31.1 Å². The number of rotatable bonds is 4. The van der Waals surface area contributed by atoms with E-state index in [1.165, 1.54) is 12.8 Å². The molecule has 1 aliphatic carbocycles. The maximum atomic E-state index is 11.9. The van der Waals surface area contributed by atoms with Gasteiger partial charge in [-0.2, -0.15) is 0 Å². The molecule has 0 aliphatic heterocycles. The predicted octanol–water partition coefficient (Wildman–Crippen LogP) is 2.48. The number of aryl methyl sites for hydroxylation is 1. The highest BCUT2D eigenvalue weighted by Gasteiger charge is 2.22. The Morgan fingerprint density at radius 3 is 2.80 bits per heavy atom. The van der Waals surface area contributed by atoms with Crippen LogP contribution in [0.15, 0.2) is 23.1 Å². The summed E-state index contributed by atoms with van der Waals surface area (Å²) in [7, 11) is -0.909. The van der Waals surface area contributed by atoms with Crippen LogP contribution in [0.1, 0.15) is 24.8 Å². The molecule has 2 N–H and O–H groups in total. The molecule has 0 bridgehead atoms. The summed E-state index contributed by atoms with van der Waals surface area (Å²) < 4.78 is 11.9. The van der Waals surface area contributed by atoms with Crippen LogP contribution in [0.3, 0.4) is 0 Å². The lowest BCUT2D eigenvalue weighted by atomic mass is 10.2. The van der Waals surface area contributed by atoms with Gasteiger partial charge in [0.2, 0.25) is 0 Å². The van der Waals surface area contributed by atoms with E-state index < -0.39 is 10.8 Å². The van der Waals surface area contributed by atoms with Gasteiger partial charge in [0, 0.05) is 11.4 Å². The molecule has 1 aromatic rings. The molecule has 0 radical (unpaired) electrons. The topological polar surface area (TPSA) is 43.1 Å². The van der Waals surface area contributed by atoms with Crippen LogP contribution in [-0.4, -0.2) is 9.96 Å². The molecule has 15 heavy (non-hydrogen) atoms. The first-order valence-corrected chi connectivity index (χ1v) is 6.73. The fourth-order valence-electron chi connectivity index (χ4n) is 1.67. The third kappa shape index (κ3) is 2.81. The second-order valence-corrected chi connectivity index (χ2v) is 5.86. The van der Waals surface area contributed by atoms with Gasteiger partial charge in [-0.1, -0.05) is 18.9 Å². The van der Waals surface area contributed by atoms with Crippen molar-refractivity contribution in [1.29, 1.82) is 0 Å². The second kappa shape index (κ2) is 4.35. The Labute approximate surface area is 93.3 Å². The molecule has 2 nitrogen and oxygen atoms in total. The molecule has 1 unspecified atom stereocenters. The van der Waals surface area contributed by atoms with Gasteiger partial charge < -0.3 is 5.73 Å². The largest absolute Gasteiger partial charge is 0.398 e. The lowest BCUT2D eigenvalue weighted by Crippen LogP contribution is -2.03. The SMILES string of the molecule is Cc1ccc(S(=O)CCC2CC2)c(N)c1. The minimum Gasteiger partial charge on any atom is -0.398 e. The van der Waals surface area contributed by atoms with Gasteiger partial charge in [-0.25, -0.2) is 0 Å². The first-order chi connectivity index (χ1) is 7.16. The third-order valence-corrected chi connectivity index (χ3v) is 4.29. The van der Waals surface area contributed by atoms with Gasteiger partial charge in [0.25, 0.3) is 0 Å². The zero-order valence-electron chi connectivity index (χ0n) is 9.03. The molecular weight excluding hydrogens is 206 g/mol. The van der Waals surface area contributed by atoms with Crippen LogP contribution in [0.2, 0.25) is 0 Å². The molecule has 1 fully saturated rings. The van der Waals surface area contributed by atoms with Crippen molar-refractivity contribution in [3.63, 3.8) is 0 Å². The van der Waals surface area contributed by atoms with Crippen LogP contribution in [0.4, 0.5) is 5.69 Å². The first kappa shape index (κ1) is 10.7. The zero-order chi connectivity index (χ0) is 10.8. The van der Waals surface area contributed by atoms with Gasteiger partial charge in [-0.15, -0.1) is 0 Å². The third-order valence-electron chi connectivity index (χ3n) is 2.82. The Kier molecular flexibility index (Phi) is 3.10. The molecule has 0 aromatic heterocycles. The Morgan fingerprint density at radius 2 is 2.20 bits per heavy atom. The molecule has 82 valence electrons. The van der Waals surface area contributed by atoms with E-state index >= 15 is 0 Å². The van der Waals surface area contributed by atoms with E-state index in [1.54, 1.807) is 0 Å². The Morgan fingerprint density at radius 1 is 1.47 bits per heavy atom. The van der Waals surface area contributed by atoms with E-state index in [2.05, 4.69) is 0 Å². The van der Waals surface area contributed by atoms with Crippen LogP contribution in [-0.2, 0) is 10.8 Å². The van der Waals surface area contributed by atoms with Crippen molar-refractivity contribution < 1.29 is 4.21 Å². The number of nitrogens with two attached hydrogens (primary N) is 1. The number of anilines is 1. The Hall–Kier alpha value is -0.830. The first-order valence-electron chi connectivity index (χ1n) is 5.41. The van der Waals surface area contributed by atoms with E-state index in [0.717, 1.165) is 28.6 Å². The van der Waals surface area contributed by atoms with Crippen LogP contribution in [0.25, 0.3) is 0 Å². The van der Waals surface area contributed by atoms with Crippen LogP contribution < -0.4 is 5.73 Å². The highest BCUT2D eigenvalue weighted by Crippen LogP contribution is 2.33. The van der Waals surface area contributed by atoms with E-state index in [4.69, 9.17) is 5.73 Å². The molecule has 3 heteroatoms. The minimum absolute atomic E-state index is 0.670. The van der Waals surface area contributed by atoms with Gasteiger partial charge >= 0.3 is 0 Å². The van der Waals surface area contributed by atoms with Crippen molar-refractivity contribution in [3.8, 4) is 0 Å². The average Bonchev–Trinajstić information content (AvgIpc) is 2.97. The fourth-order valence-corrected chi connectivity index (χ4v) is 2.97. The highest BCUT2D eigenvalue weighted by molar-refractivity contribution is 7.85.